The predicted molar refractivity (Wildman–Crippen MR) is 95.6 cm³/mol. The van der Waals surface area contributed by atoms with Crippen LogP contribution >= 0.6 is 11.6 Å². The molecular formula is C18H15ClF3N5O. The number of halogens is 4. The fourth-order valence-corrected chi connectivity index (χ4v) is 3.58. The standard InChI is InChI=1S/C18H15ClF3N5O/c1-25-6-5-11(9-25)16-24-23-14-10-26(7-8-27(14)16)17(28)12-3-2-4-13(15(12)19)18(20,21)22/h2-6,9H,7-8,10H2,1H3. The summed E-state index contributed by atoms with van der Waals surface area (Å²) < 4.78 is 43.0. The Labute approximate surface area is 163 Å². The molecule has 0 fully saturated rings. The van der Waals surface area contributed by atoms with E-state index in [2.05, 4.69) is 10.2 Å². The van der Waals surface area contributed by atoms with Gasteiger partial charge in [0.25, 0.3) is 5.91 Å². The number of aromatic nitrogens is 4. The highest BCUT2D eigenvalue weighted by Crippen LogP contribution is 2.36. The highest BCUT2D eigenvalue weighted by Gasteiger charge is 2.36. The Morgan fingerprint density at radius 1 is 1.18 bits per heavy atom. The van der Waals surface area contributed by atoms with Crippen LogP contribution in [0.1, 0.15) is 21.7 Å². The van der Waals surface area contributed by atoms with Crippen molar-refractivity contribution in [1.29, 1.82) is 0 Å². The van der Waals surface area contributed by atoms with E-state index >= 15 is 0 Å². The lowest BCUT2D eigenvalue weighted by Crippen LogP contribution is -2.38. The lowest BCUT2D eigenvalue weighted by atomic mass is 10.1. The first-order chi connectivity index (χ1) is 13.3. The van der Waals surface area contributed by atoms with Crippen LogP contribution in [0.25, 0.3) is 11.4 Å². The lowest BCUT2D eigenvalue weighted by Gasteiger charge is -2.28. The Bertz CT molecular complexity index is 1060. The molecule has 0 bridgehead atoms. The average Bonchev–Trinajstić information content (AvgIpc) is 3.25. The number of amides is 1. The minimum Gasteiger partial charge on any atom is -0.357 e. The number of hydrogen-bond donors (Lipinski definition) is 0. The average molecular weight is 410 g/mol. The maximum absolute atomic E-state index is 13.1. The van der Waals surface area contributed by atoms with Crippen LogP contribution in [0.2, 0.25) is 5.02 Å². The normalized spacial score (nSPS) is 14.2. The van der Waals surface area contributed by atoms with Gasteiger partial charge < -0.3 is 14.0 Å². The summed E-state index contributed by atoms with van der Waals surface area (Å²) in [6, 6.07) is 5.26. The third-order valence-electron chi connectivity index (χ3n) is 4.67. The molecule has 4 rings (SSSR count). The molecule has 0 N–H and O–H groups in total. The Hall–Kier alpha value is -2.81. The van der Waals surface area contributed by atoms with Crippen molar-refractivity contribution in [2.24, 2.45) is 7.05 Å². The molecule has 10 heteroatoms. The fraction of sp³-hybridized carbons (Fsp3) is 0.278. The monoisotopic (exact) mass is 409 g/mol. The van der Waals surface area contributed by atoms with Crippen molar-refractivity contribution >= 4 is 17.5 Å². The van der Waals surface area contributed by atoms with E-state index in [9.17, 15) is 18.0 Å². The molecule has 1 aliphatic rings. The first-order valence-electron chi connectivity index (χ1n) is 8.45. The van der Waals surface area contributed by atoms with Crippen LogP contribution in [0, 0.1) is 0 Å². The zero-order valence-corrected chi connectivity index (χ0v) is 15.5. The van der Waals surface area contributed by atoms with Gasteiger partial charge in [0.15, 0.2) is 11.6 Å². The number of nitrogens with zero attached hydrogens (tertiary/aromatic N) is 5. The Kier molecular flexibility index (Phi) is 4.41. The number of aryl methyl sites for hydroxylation is 1. The summed E-state index contributed by atoms with van der Waals surface area (Å²) in [4.78, 5) is 14.2. The van der Waals surface area contributed by atoms with Crippen molar-refractivity contribution in [2.45, 2.75) is 19.3 Å². The fourth-order valence-electron chi connectivity index (χ4n) is 3.27. The summed E-state index contributed by atoms with van der Waals surface area (Å²) in [6.45, 7) is 0.899. The van der Waals surface area contributed by atoms with Crippen LogP contribution in [-0.2, 0) is 26.3 Å². The molecule has 0 unspecified atom stereocenters. The molecule has 3 heterocycles. The molecule has 6 nitrogen and oxygen atoms in total. The molecule has 2 aromatic heterocycles. The largest absolute Gasteiger partial charge is 0.417 e. The quantitative estimate of drug-likeness (QED) is 0.649. The first kappa shape index (κ1) is 18.5. The van der Waals surface area contributed by atoms with Crippen molar-refractivity contribution in [3.63, 3.8) is 0 Å². The SMILES string of the molecule is Cn1ccc(-c2nnc3n2CCN(C(=O)c2cccc(C(F)(F)F)c2Cl)C3)c1. The molecule has 0 saturated carbocycles. The molecule has 0 atom stereocenters. The summed E-state index contributed by atoms with van der Waals surface area (Å²) in [7, 11) is 1.90. The second kappa shape index (κ2) is 6.66. The number of benzene rings is 1. The third kappa shape index (κ3) is 3.15. The van der Waals surface area contributed by atoms with E-state index < -0.39 is 22.7 Å². The van der Waals surface area contributed by atoms with Crippen LogP contribution in [-0.4, -0.2) is 36.7 Å². The molecule has 0 spiro atoms. The molecule has 1 amide bonds. The molecule has 1 aromatic carbocycles. The van der Waals surface area contributed by atoms with Crippen molar-refractivity contribution in [3.8, 4) is 11.4 Å². The second-order valence-corrected chi connectivity index (χ2v) is 6.93. The van der Waals surface area contributed by atoms with E-state index in [1.165, 1.54) is 17.0 Å². The number of carbonyl (C=O) groups excluding carboxylic acids is 1. The molecule has 0 radical (unpaired) electrons. The summed E-state index contributed by atoms with van der Waals surface area (Å²) in [5.74, 6) is 0.702. The third-order valence-corrected chi connectivity index (χ3v) is 5.07. The molecule has 28 heavy (non-hydrogen) atoms. The number of carbonyl (C=O) groups is 1. The molecule has 1 aliphatic heterocycles. The minimum atomic E-state index is -4.62. The van der Waals surface area contributed by atoms with Gasteiger partial charge in [0.2, 0.25) is 0 Å². The zero-order chi connectivity index (χ0) is 20.1. The van der Waals surface area contributed by atoms with Gasteiger partial charge in [-0.15, -0.1) is 10.2 Å². The van der Waals surface area contributed by atoms with E-state index in [-0.39, 0.29) is 12.1 Å². The second-order valence-electron chi connectivity index (χ2n) is 6.55. The predicted octanol–water partition coefficient (Wildman–Crippen LogP) is 3.61. The number of fused-ring (bicyclic) bond motifs is 1. The van der Waals surface area contributed by atoms with Gasteiger partial charge in [0.05, 0.1) is 22.7 Å². The van der Waals surface area contributed by atoms with Crippen molar-refractivity contribution in [2.75, 3.05) is 6.54 Å². The Balaban J connectivity index is 1.61. The van der Waals surface area contributed by atoms with E-state index in [4.69, 9.17) is 11.6 Å². The van der Waals surface area contributed by atoms with Crippen molar-refractivity contribution < 1.29 is 18.0 Å². The van der Waals surface area contributed by atoms with Gasteiger partial charge in [0.1, 0.15) is 0 Å². The van der Waals surface area contributed by atoms with Crippen LogP contribution < -0.4 is 0 Å². The van der Waals surface area contributed by atoms with Gasteiger partial charge in [-0.3, -0.25) is 4.79 Å². The molecule has 146 valence electrons. The number of rotatable bonds is 2. The summed E-state index contributed by atoms with van der Waals surface area (Å²) in [5.41, 5.74) is -0.291. The lowest BCUT2D eigenvalue weighted by molar-refractivity contribution is -0.137. The van der Waals surface area contributed by atoms with E-state index in [1.54, 1.807) is 0 Å². The highest BCUT2D eigenvalue weighted by molar-refractivity contribution is 6.34. The van der Waals surface area contributed by atoms with Gasteiger partial charge >= 0.3 is 6.18 Å². The molecule has 0 aliphatic carbocycles. The van der Waals surface area contributed by atoms with E-state index in [0.29, 0.717) is 24.7 Å². The maximum Gasteiger partial charge on any atom is 0.417 e. The maximum atomic E-state index is 13.1. The number of alkyl halides is 3. The molecule has 3 aromatic rings. The van der Waals surface area contributed by atoms with Crippen LogP contribution in [0.15, 0.2) is 36.7 Å². The van der Waals surface area contributed by atoms with Gasteiger partial charge in [-0.1, -0.05) is 17.7 Å². The van der Waals surface area contributed by atoms with Crippen LogP contribution in [0.3, 0.4) is 0 Å². The zero-order valence-electron chi connectivity index (χ0n) is 14.7. The van der Waals surface area contributed by atoms with Crippen LogP contribution in [0.5, 0.6) is 0 Å². The van der Waals surface area contributed by atoms with Gasteiger partial charge in [-0.25, -0.2) is 0 Å². The van der Waals surface area contributed by atoms with Gasteiger partial charge in [0, 0.05) is 38.1 Å². The topological polar surface area (TPSA) is 56.0 Å². The Morgan fingerprint density at radius 2 is 1.96 bits per heavy atom. The molecular weight excluding hydrogens is 395 g/mol. The Morgan fingerprint density at radius 3 is 2.64 bits per heavy atom. The summed E-state index contributed by atoms with van der Waals surface area (Å²) >= 11 is 5.89. The highest BCUT2D eigenvalue weighted by atomic mass is 35.5. The molecule has 0 saturated heterocycles. The smallest absolute Gasteiger partial charge is 0.357 e. The first-order valence-corrected chi connectivity index (χ1v) is 8.83. The van der Waals surface area contributed by atoms with Crippen LogP contribution in [0.4, 0.5) is 13.2 Å². The van der Waals surface area contributed by atoms with Crippen molar-refractivity contribution in [1.82, 2.24) is 24.2 Å². The minimum absolute atomic E-state index is 0.144. The summed E-state index contributed by atoms with van der Waals surface area (Å²) in [5, 5.41) is 7.76. The van der Waals surface area contributed by atoms with E-state index in [1.807, 2.05) is 34.6 Å². The van der Waals surface area contributed by atoms with Gasteiger partial charge in [-0.05, 0) is 18.2 Å². The van der Waals surface area contributed by atoms with Gasteiger partial charge in [-0.2, -0.15) is 13.2 Å². The van der Waals surface area contributed by atoms with E-state index in [0.717, 1.165) is 11.6 Å². The summed E-state index contributed by atoms with van der Waals surface area (Å²) in [6.07, 6.45) is -0.817. The van der Waals surface area contributed by atoms with Crippen molar-refractivity contribution in [3.05, 3.63) is 58.6 Å². The number of hydrogen-bond acceptors (Lipinski definition) is 3.